The van der Waals surface area contributed by atoms with Gasteiger partial charge >= 0.3 is 0 Å². The third-order valence-corrected chi connectivity index (χ3v) is 4.76. The second-order valence-electron chi connectivity index (χ2n) is 6.32. The quantitative estimate of drug-likeness (QED) is 0.801. The minimum atomic E-state index is -0.371. The average molecular weight is 333 g/mol. The molecule has 0 aromatic carbocycles. The molecule has 130 valence electrons. The van der Waals surface area contributed by atoms with Crippen molar-refractivity contribution >= 4 is 11.8 Å². The normalized spacial score (nSPS) is 23.7. The van der Waals surface area contributed by atoms with E-state index in [2.05, 4.69) is 14.9 Å². The first-order valence-electron chi connectivity index (χ1n) is 8.30. The second kappa shape index (κ2) is 7.67. The fourth-order valence-corrected chi connectivity index (χ4v) is 3.38. The number of nitrogens with two attached hydrogens (primary N) is 1. The summed E-state index contributed by atoms with van der Waals surface area (Å²) in [6.07, 6.45) is 6.28. The number of carbonyl (C=O) groups excluding carboxylic acids is 2. The highest BCUT2D eigenvalue weighted by atomic mass is 16.5. The molecule has 0 spiro atoms. The third kappa shape index (κ3) is 3.88. The molecule has 3 heterocycles. The van der Waals surface area contributed by atoms with Gasteiger partial charge in [0.15, 0.2) is 0 Å². The topological polar surface area (TPSA) is 102 Å². The van der Waals surface area contributed by atoms with E-state index in [9.17, 15) is 9.59 Å². The van der Waals surface area contributed by atoms with Crippen molar-refractivity contribution in [3.8, 4) is 0 Å². The van der Waals surface area contributed by atoms with Gasteiger partial charge in [0.1, 0.15) is 6.33 Å². The van der Waals surface area contributed by atoms with E-state index in [0.29, 0.717) is 31.2 Å². The highest BCUT2D eigenvalue weighted by molar-refractivity contribution is 5.94. The molecule has 24 heavy (non-hydrogen) atoms. The molecule has 1 aromatic heterocycles. The van der Waals surface area contributed by atoms with Gasteiger partial charge in [0.2, 0.25) is 5.91 Å². The van der Waals surface area contributed by atoms with Crippen molar-refractivity contribution in [1.82, 2.24) is 19.8 Å². The third-order valence-electron chi connectivity index (χ3n) is 4.76. The molecule has 8 heteroatoms. The number of carbonyl (C=O) groups is 2. The van der Waals surface area contributed by atoms with E-state index in [0.717, 1.165) is 32.6 Å². The van der Waals surface area contributed by atoms with Gasteiger partial charge in [0.05, 0.1) is 11.5 Å². The van der Waals surface area contributed by atoms with Gasteiger partial charge in [-0.15, -0.1) is 0 Å². The molecule has 3 rings (SSSR count). The lowest BCUT2D eigenvalue weighted by Crippen LogP contribution is -2.44. The van der Waals surface area contributed by atoms with Gasteiger partial charge in [-0.05, 0) is 12.8 Å². The van der Waals surface area contributed by atoms with Crippen LogP contribution in [0.2, 0.25) is 0 Å². The van der Waals surface area contributed by atoms with Crippen molar-refractivity contribution in [3.63, 3.8) is 0 Å². The molecule has 0 bridgehead atoms. The van der Waals surface area contributed by atoms with Crippen LogP contribution < -0.4 is 5.73 Å². The van der Waals surface area contributed by atoms with Crippen LogP contribution in [0.4, 0.5) is 0 Å². The predicted molar refractivity (Wildman–Crippen MR) is 86.0 cm³/mol. The molecule has 2 saturated heterocycles. The van der Waals surface area contributed by atoms with Crippen molar-refractivity contribution in [2.75, 3.05) is 39.4 Å². The van der Waals surface area contributed by atoms with E-state index < -0.39 is 0 Å². The maximum absolute atomic E-state index is 12.7. The Hall–Kier alpha value is -2.06. The molecule has 0 saturated carbocycles. The number of rotatable bonds is 3. The first kappa shape index (κ1) is 16.8. The van der Waals surface area contributed by atoms with Crippen molar-refractivity contribution < 1.29 is 14.3 Å². The van der Waals surface area contributed by atoms with Crippen LogP contribution in [0.25, 0.3) is 0 Å². The van der Waals surface area contributed by atoms with E-state index in [4.69, 9.17) is 10.5 Å². The van der Waals surface area contributed by atoms with Crippen LogP contribution >= 0.6 is 0 Å². The molecule has 2 aliphatic heterocycles. The zero-order valence-corrected chi connectivity index (χ0v) is 13.6. The molecule has 2 N–H and O–H groups in total. The monoisotopic (exact) mass is 333 g/mol. The molecule has 1 atom stereocenters. The van der Waals surface area contributed by atoms with E-state index in [-0.39, 0.29) is 17.7 Å². The first-order valence-corrected chi connectivity index (χ1v) is 8.30. The summed E-state index contributed by atoms with van der Waals surface area (Å²) in [5.74, 6) is -0.893. The summed E-state index contributed by atoms with van der Waals surface area (Å²) in [5.41, 5.74) is 6.01. The van der Waals surface area contributed by atoms with Crippen LogP contribution in [0, 0.1) is 5.92 Å². The van der Waals surface area contributed by atoms with Gasteiger partial charge in [-0.25, -0.2) is 9.97 Å². The standard InChI is InChI=1S/C16H23N5O3/c17-15(22)13-9-20(14-1-5-24-6-2-14)3-4-21(10-13)16(23)12-7-18-11-19-8-12/h7-8,11,13-14H,1-6,9-10H2,(H2,17,22)/t13-/m0/s1. The minimum absolute atomic E-state index is 0.157. The molecular formula is C16H23N5O3. The van der Waals surface area contributed by atoms with Crippen molar-refractivity contribution in [2.45, 2.75) is 18.9 Å². The molecule has 0 radical (unpaired) electrons. The average Bonchev–Trinajstić information content (AvgIpc) is 2.86. The van der Waals surface area contributed by atoms with Gasteiger partial charge in [-0.2, -0.15) is 0 Å². The van der Waals surface area contributed by atoms with E-state index >= 15 is 0 Å². The smallest absolute Gasteiger partial charge is 0.257 e. The van der Waals surface area contributed by atoms with E-state index in [1.807, 2.05) is 0 Å². The fourth-order valence-electron chi connectivity index (χ4n) is 3.38. The number of ether oxygens (including phenoxy) is 1. The minimum Gasteiger partial charge on any atom is -0.381 e. The summed E-state index contributed by atoms with van der Waals surface area (Å²) in [4.78, 5) is 36.3. The van der Waals surface area contributed by atoms with Crippen LogP contribution in [-0.2, 0) is 9.53 Å². The number of nitrogens with zero attached hydrogens (tertiary/aromatic N) is 4. The van der Waals surface area contributed by atoms with Crippen LogP contribution in [0.1, 0.15) is 23.2 Å². The number of hydrogen-bond donors (Lipinski definition) is 1. The Bertz CT molecular complexity index is 576. The van der Waals surface area contributed by atoms with E-state index in [1.54, 1.807) is 4.90 Å². The Morgan fingerprint density at radius 1 is 1.12 bits per heavy atom. The predicted octanol–water partition coefficient (Wildman–Crippen LogP) is -0.485. The lowest BCUT2D eigenvalue weighted by atomic mass is 10.0. The van der Waals surface area contributed by atoms with Gasteiger partial charge < -0.3 is 15.4 Å². The maximum atomic E-state index is 12.7. The van der Waals surface area contributed by atoms with Crippen molar-refractivity contribution in [1.29, 1.82) is 0 Å². The summed E-state index contributed by atoms with van der Waals surface area (Å²) < 4.78 is 5.42. The Morgan fingerprint density at radius 3 is 2.50 bits per heavy atom. The van der Waals surface area contributed by atoms with Crippen molar-refractivity contribution in [3.05, 3.63) is 24.3 Å². The number of primary amides is 1. The van der Waals surface area contributed by atoms with E-state index in [1.165, 1.54) is 18.7 Å². The zero-order chi connectivity index (χ0) is 16.9. The summed E-state index contributed by atoms with van der Waals surface area (Å²) in [7, 11) is 0. The maximum Gasteiger partial charge on any atom is 0.257 e. The fraction of sp³-hybridized carbons (Fsp3) is 0.625. The van der Waals surface area contributed by atoms with Gasteiger partial charge in [-0.3, -0.25) is 14.5 Å². The van der Waals surface area contributed by atoms with Crippen LogP contribution in [-0.4, -0.2) is 77.0 Å². The molecule has 8 nitrogen and oxygen atoms in total. The molecule has 2 fully saturated rings. The second-order valence-corrected chi connectivity index (χ2v) is 6.32. The number of aromatic nitrogens is 2. The van der Waals surface area contributed by atoms with Crippen LogP contribution in [0.5, 0.6) is 0 Å². The first-order chi connectivity index (χ1) is 11.6. The lowest BCUT2D eigenvalue weighted by Gasteiger charge is -2.34. The molecule has 0 aliphatic carbocycles. The number of amides is 2. The Balaban J connectivity index is 1.73. The lowest BCUT2D eigenvalue weighted by molar-refractivity contribution is -0.122. The Kier molecular flexibility index (Phi) is 5.37. The number of hydrogen-bond acceptors (Lipinski definition) is 6. The Labute approximate surface area is 141 Å². The molecular weight excluding hydrogens is 310 g/mol. The zero-order valence-electron chi connectivity index (χ0n) is 13.6. The molecule has 1 aromatic rings. The van der Waals surface area contributed by atoms with Crippen LogP contribution in [0.15, 0.2) is 18.7 Å². The highest BCUT2D eigenvalue weighted by Gasteiger charge is 2.32. The van der Waals surface area contributed by atoms with Gasteiger partial charge in [-0.1, -0.05) is 0 Å². The largest absolute Gasteiger partial charge is 0.381 e. The van der Waals surface area contributed by atoms with Crippen molar-refractivity contribution in [2.24, 2.45) is 11.7 Å². The molecule has 2 amide bonds. The summed E-state index contributed by atoms with van der Waals surface area (Å²) in [6, 6.07) is 0.385. The van der Waals surface area contributed by atoms with Crippen LogP contribution in [0.3, 0.4) is 0 Å². The summed E-state index contributed by atoms with van der Waals surface area (Å²) in [5, 5.41) is 0. The molecule has 0 unspecified atom stereocenters. The SMILES string of the molecule is NC(=O)[C@@H]1CN(C(=O)c2cncnc2)CCN(C2CCOCC2)C1. The molecule has 2 aliphatic rings. The van der Waals surface area contributed by atoms with Gasteiger partial charge in [0, 0.05) is 57.8 Å². The summed E-state index contributed by atoms with van der Waals surface area (Å²) >= 11 is 0. The Morgan fingerprint density at radius 2 is 1.83 bits per heavy atom. The van der Waals surface area contributed by atoms with Gasteiger partial charge in [0.25, 0.3) is 5.91 Å². The highest BCUT2D eigenvalue weighted by Crippen LogP contribution is 2.20. The summed E-state index contributed by atoms with van der Waals surface area (Å²) in [6.45, 7) is 3.71.